The maximum absolute atomic E-state index is 11.9. The van der Waals surface area contributed by atoms with Gasteiger partial charge in [0, 0.05) is 50.2 Å². The molecule has 110 valence electrons. The zero-order valence-corrected chi connectivity index (χ0v) is 12.5. The van der Waals surface area contributed by atoms with Gasteiger partial charge < -0.3 is 10.6 Å². The average molecular weight is 294 g/mol. The summed E-state index contributed by atoms with van der Waals surface area (Å²) in [6, 6.07) is 4.79. The monoisotopic (exact) mass is 294 g/mol. The van der Waals surface area contributed by atoms with Crippen molar-refractivity contribution in [3.8, 4) is 0 Å². The molecule has 0 aliphatic carbocycles. The largest absolute Gasteiger partial charge is 0.350 e. The van der Waals surface area contributed by atoms with Crippen molar-refractivity contribution in [2.75, 3.05) is 45.8 Å². The van der Waals surface area contributed by atoms with E-state index in [1.165, 1.54) is 4.88 Å². The molecule has 0 atom stereocenters. The summed E-state index contributed by atoms with van der Waals surface area (Å²) in [4.78, 5) is 17.9. The first-order chi connectivity index (χ1) is 9.81. The number of hydrogen-bond donors (Lipinski definition) is 2. The molecule has 2 fully saturated rings. The molecule has 1 amide bonds. The minimum absolute atomic E-state index is 0.136. The van der Waals surface area contributed by atoms with E-state index in [-0.39, 0.29) is 5.91 Å². The van der Waals surface area contributed by atoms with Crippen molar-refractivity contribution < 1.29 is 4.79 Å². The van der Waals surface area contributed by atoms with Crippen LogP contribution >= 0.6 is 11.3 Å². The Hall–Kier alpha value is -0.950. The van der Waals surface area contributed by atoms with Crippen LogP contribution in [0, 0.1) is 0 Å². The molecule has 5 nitrogen and oxygen atoms in total. The molecule has 0 saturated carbocycles. The number of nitrogens with one attached hydrogen (secondary N) is 2. The lowest BCUT2D eigenvalue weighted by molar-refractivity contribution is -0.122. The van der Waals surface area contributed by atoms with E-state index in [1.54, 1.807) is 11.3 Å². The Morgan fingerprint density at radius 2 is 2.15 bits per heavy atom. The molecule has 0 spiro atoms. The first kappa shape index (κ1) is 14.0. The molecule has 0 radical (unpaired) electrons. The highest BCUT2D eigenvalue weighted by Crippen LogP contribution is 2.10. The quantitative estimate of drug-likeness (QED) is 0.800. The minimum Gasteiger partial charge on any atom is -0.350 e. The van der Waals surface area contributed by atoms with E-state index in [4.69, 9.17) is 0 Å². The van der Waals surface area contributed by atoms with Crippen LogP contribution in [0.4, 0.5) is 0 Å². The molecule has 0 aromatic carbocycles. The van der Waals surface area contributed by atoms with Crippen molar-refractivity contribution in [1.29, 1.82) is 0 Å². The molecule has 6 heteroatoms. The lowest BCUT2D eigenvalue weighted by Gasteiger charge is -2.43. The first-order valence-corrected chi connectivity index (χ1v) is 8.15. The van der Waals surface area contributed by atoms with Gasteiger partial charge in [-0.3, -0.25) is 14.6 Å². The lowest BCUT2D eigenvalue weighted by atomic mass is 10.1. The average Bonchev–Trinajstić information content (AvgIpc) is 2.90. The predicted octanol–water partition coefficient (Wildman–Crippen LogP) is -0.0463. The second-order valence-electron chi connectivity index (χ2n) is 5.48. The van der Waals surface area contributed by atoms with Crippen LogP contribution in [0.25, 0.3) is 0 Å². The summed E-state index contributed by atoms with van der Waals surface area (Å²) >= 11 is 1.68. The highest BCUT2D eigenvalue weighted by Gasteiger charge is 2.27. The Kier molecular flexibility index (Phi) is 4.67. The Morgan fingerprint density at radius 3 is 2.75 bits per heavy atom. The molecular formula is C14H22N4OS. The van der Waals surface area contributed by atoms with E-state index in [1.807, 2.05) is 11.4 Å². The highest BCUT2D eigenvalue weighted by molar-refractivity contribution is 7.09. The van der Waals surface area contributed by atoms with Gasteiger partial charge in [-0.2, -0.15) is 0 Å². The fraction of sp³-hybridized carbons (Fsp3) is 0.643. The standard InChI is InChI=1S/C14H22N4OS/c19-14(16-10-13-2-1-7-20-13)11-17-3-5-18(6-4-17)12-8-15-9-12/h1-2,7,12,15H,3-6,8-11H2,(H,16,19). The number of amides is 1. The molecule has 1 aromatic rings. The SMILES string of the molecule is O=C(CN1CCN(C2CNC2)CC1)NCc1cccs1. The van der Waals surface area contributed by atoms with E-state index in [2.05, 4.69) is 26.5 Å². The van der Waals surface area contributed by atoms with Crippen LogP contribution in [0.2, 0.25) is 0 Å². The summed E-state index contributed by atoms with van der Waals surface area (Å²) in [6.45, 7) is 7.62. The third-order valence-corrected chi connectivity index (χ3v) is 4.97. The Labute approximate surface area is 123 Å². The van der Waals surface area contributed by atoms with Gasteiger partial charge in [0.05, 0.1) is 13.1 Å². The summed E-state index contributed by atoms with van der Waals surface area (Å²) in [5.41, 5.74) is 0. The van der Waals surface area contributed by atoms with Crippen molar-refractivity contribution in [2.45, 2.75) is 12.6 Å². The van der Waals surface area contributed by atoms with Gasteiger partial charge in [-0.05, 0) is 11.4 Å². The van der Waals surface area contributed by atoms with Gasteiger partial charge in [0.2, 0.25) is 5.91 Å². The second-order valence-corrected chi connectivity index (χ2v) is 6.51. The highest BCUT2D eigenvalue weighted by atomic mass is 32.1. The lowest BCUT2D eigenvalue weighted by Crippen LogP contribution is -2.62. The molecule has 2 aliphatic rings. The Balaban J connectivity index is 1.35. The maximum Gasteiger partial charge on any atom is 0.234 e. The van der Waals surface area contributed by atoms with Crippen LogP contribution in [0.5, 0.6) is 0 Å². The minimum atomic E-state index is 0.136. The molecule has 2 aliphatic heterocycles. The fourth-order valence-corrected chi connectivity index (χ4v) is 3.32. The van der Waals surface area contributed by atoms with Crippen molar-refractivity contribution in [2.24, 2.45) is 0 Å². The van der Waals surface area contributed by atoms with E-state index in [0.717, 1.165) is 45.3 Å². The third-order valence-electron chi connectivity index (χ3n) is 4.09. The summed E-state index contributed by atoms with van der Waals surface area (Å²) in [7, 11) is 0. The molecule has 20 heavy (non-hydrogen) atoms. The third kappa shape index (κ3) is 3.58. The first-order valence-electron chi connectivity index (χ1n) is 7.27. The smallest absolute Gasteiger partial charge is 0.234 e. The van der Waals surface area contributed by atoms with Crippen molar-refractivity contribution in [1.82, 2.24) is 20.4 Å². The van der Waals surface area contributed by atoms with E-state index < -0.39 is 0 Å². The number of thiophene rings is 1. The fourth-order valence-electron chi connectivity index (χ4n) is 2.68. The normalized spacial score (nSPS) is 21.6. The number of carbonyl (C=O) groups excluding carboxylic acids is 1. The number of piperazine rings is 1. The van der Waals surface area contributed by atoms with Gasteiger partial charge in [-0.15, -0.1) is 11.3 Å². The van der Waals surface area contributed by atoms with Gasteiger partial charge >= 0.3 is 0 Å². The second kappa shape index (κ2) is 6.67. The van der Waals surface area contributed by atoms with Crippen molar-refractivity contribution in [3.05, 3.63) is 22.4 Å². The number of hydrogen-bond acceptors (Lipinski definition) is 5. The summed E-state index contributed by atoms with van der Waals surface area (Å²) in [5.74, 6) is 0.136. The zero-order valence-electron chi connectivity index (χ0n) is 11.7. The summed E-state index contributed by atoms with van der Waals surface area (Å²) in [6.07, 6.45) is 0. The number of nitrogens with zero attached hydrogens (tertiary/aromatic N) is 2. The van der Waals surface area contributed by atoms with Crippen LogP contribution in [0.1, 0.15) is 4.88 Å². The molecule has 3 rings (SSSR count). The van der Waals surface area contributed by atoms with Crippen molar-refractivity contribution in [3.63, 3.8) is 0 Å². The molecule has 0 unspecified atom stereocenters. The van der Waals surface area contributed by atoms with Crippen LogP contribution < -0.4 is 10.6 Å². The Bertz CT molecular complexity index is 424. The molecule has 3 heterocycles. The Morgan fingerprint density at radius 1 is 1.35 bits per heavy atom. The topological polar surface area (TPSA) is 47.6 Å². The molecule has 2 N–H and O–H groups in total. The molecule has 0 bridgehead atoms. The van der Waals surface area contributed by atoms with Gasteiger partial charge in [0.15, 0.2) is 0 Å². The van der Waals surface area contributed by atoms with Gasteiger partial charge in [-0.1, -0.05) is 6.07 Å². The predicted molar refractivity (Wildman–Crippen MR) is 80.8 cm³/mol. The maximum atomic E-state index is 11.9. The van der Waals surface area contributed by atoms with E-state index in [0.29, 0.717) is 13.1 Å². The molecule has 2 saturated heterocycles. The van der Waals surface area contributed by atoms with Crippen LogP contribution in [0.15, 0.2) is 17.5 Å². The summed E-state index contributed by atoms with van der Waals surface area (Å²) in [5, 5.41) is 8.35. The van der Waals surface area contributed by atoms with Crippen molar-refractivity contribution >= 4 is 17.2 Å². The van der Waals surface area contributed by atoms with E-state index in [9.17, 15) is 4.79 Å². The van der Waals surface area contributed by atoms with Gasteiger partial charge in [-0.25, -0.2) is 0 Å². The van der Waals surface area contributed by atoms with Crippen LogP contribution in [-0.2, 0) is 11.3 Å². The number of carbonyl (C=O) groups is 1. The number of rotatable bonds is 5. The van der Waals surface area contributed by atoms with E-state index >= 15 is 0 Å². The molecular weight excluding hydrogens is 272 g/mol. The zero-order chi connectivity index (χ0) is 13.8. The van der Waals surface area contributed by atoms with Gasteiger partial charge in [0.1, 0.15) is 0 Å². The van der Waals surface area contributed by atoms with Crippen LogP contribution in [-0.4, -0.2) is 67.6 Å². The summed E-state index contributed by atoms with van der Waals surface area (Å²) < 4.78 is 0. The molecule has 1 aromatic heterocycles. The van der Waals surface area contributed by atoms with Crippen LogP contribution in [0.3, 0.4) is 0 Å². The van der Waals surface area contributed by atoms with Gasteiger partial charge in [0.25, 0.3) is 0 Å².